The molecule has 0 aliphatic rings. The van der Waals surface area contributed by atoms with E-state index in [1.165, 1.54) is 30.5 Å². The Labute approximate surface area is 160 Å². The molecule has 2 aromatic carbocycles. The predicted molar refractivity (Wildman–Crippen MR) is 99.5 cm³/mol. The van der Waals surface area contributed by atoms with Crippen LogP contribution in [0.25, 0.3) is 0 Å². The summed E-state index contributed by atoms with van der Waals surface area (Å²) in [6.45, 7) is -0.635. The van der Waals surface area contributed by atoms with Gasteiger partial charge in [0.05, 0.1) is 17.7 Å². The summed E-state index contributed by atoms with van der Waals surface area (Å²) < 4.78 is 4.98. The van der Waals surface area contributed by atoms with Gasteiger partial charge in [-0.05, 0) is 23.3 Å². The highest BCUT2D eigenvalue weighted by Gasteiger charge is 2.20. The van der Waals surface area contributed by atoms with Crippen molar-refractivity contribution in [2.45, 2.75) is 12.6 Å². The van der Waals surface area contributed by atoms with Gasteiger partial charge in [0.1, 0.15) is 12.6 Å². The van der Waals surface area contributed by atoms with Gasteiger partial charge in [0.2, 0.25) is 0 Å². The number of benzene rings is 2. The molecular weight excluding hydrogens is 368 g/mol. The van der Waals surface area contributed by atoms with Crippen LogP contribution in [0, 0.1) is 10.1 Å². The lowest BCUT2D eigenvalue weighted by molar-refractivity contribution is -0.384. The summed E-state index contributed by atoms with van der Waals surface area (Å²) >= 11 is 0. The molecule has 10 nitrogen and oxygen atoms in total. The van der Waals surface area contributed by atoms with Crippen molar-refractivity contribution in [2.24, 2.45) is 5.10 Å². The summed E-state index contributed by atoms with van der Waals surface area (Å²) in [5.74, 6) is -0.752. The molecule has 0 aromatic heterocycles. The van der Waals surface area contributed by atoms with Gasteiger partial charge in [-0.1, -0.05) is 30.3 Å². The van der Waals surface area contributed by atoms with Gasteiger partial charge in [-0.2, -0.15) is 5.10 Å². The molecule has 0 saturated heterocycles. The molecule has 146 valence electrons. The van der Waals surface area contributed by atoms with Crippen molar-refractivity contribution in [1.82, 2.24) is 10.7 Å². The van der Waals surface area contributed by atoms with Gasteiger partial charge in [-0.15, -0.1) is 0 Å². The quantitative estimate of drug-likeness (QED) is 0.355. The van der Waals surface area contributed by atoms with Crippen molar-refractivity contribution >= 4 is 23.9 Å². The van der Waals surface area contributed by atoms with E-state index in [4.69, 9.17) is 4.74 Å². The molecule has 0 radical (unpaired) electrons. The molecule has 0 fully saturated rings. The monoisotopic (exact) mass is 386 g/mol. The second-order valence-corrected chi connectivity index (χ2v) is 5.52. The first-order valence-corrected chi connectivity index (χ1v) is 8.15. The molecule has 0 saturated carbocycles. The minimum Gasteiger partial charge on any atom is -0.445 e. The Kier molecular flexibility index (Phi) is 7.61. The Morgan fingerprint density at radius 1 is 1.18 bits per heavy atom. The summed E-state index contributed by atoms with van der Waals surface area (Å²) in [5.41, 5.74) is 3.38. The topological polar surface area (TPSA) is 143 Å². The fourth-order valence-electron chi connectivity index (χ4n) is 2.03. The maximum atomic E-state index is 12.0. The summed E-state index contributed by atoms with van der Waals surface area (Å²) in [4.78, 5) is 33.8. The number of ether oxygens (including phenoxy) is 1. The van der Waals surface area contributed by atoms with Crippen LogP contribution in [0.2, 0.25) is 0 Å². The van der Waals surface area contributed by atoms with E-state index < -0.39 is 29.6 Å². The van der Waals surface area contributed by atoms with E-state index in [1.54, 1.807) is 24.3 Å². The number of alkyl carbamates (subject to hydrolysis) is 1. The average Bonchev–Trinajstić information content (AvgIpc) is 2.71. The molecule has 10 heteroatoms. The number of non-ortho nitro benzene ring substituents is 1. The molecule has 1 atom stereocenters. The third-order valence-electron chi connectivity index (χ3n) is 3.50. The lowest BCUT2D eigenvalue weighted by Gasteiger charge is -2.14. The van der Waals surface area contributed by atoms with E-state index in [1.807, 2.05) is 6.07 Å². The Morgan fingerprint density at radius 2 is 1.86 bits per heavy atom. The van der Waals surface area contributed by atoms with Crippen molar-refractivity contribution < 1.29 is 24.4 Å². The maximum absolute atomic E-state index is 12.0. The van der Waals surface area contributed by atoms with Crippen LogP contribution in [0.3, 0.4) is 0 Å². The number of carbonyl (C=O) groups excluding carboxylic acids is 2. The van der Waals surface area contributed by atoms with Crippen LogP contribution >= 0.6 is 0 Å². The molecule has 0 spiro atoms. The Morgan fingerprint density at radius 3 is 2.46 bits per heavy atom. The van der Waals surface area contributed by atoms with Gasteiger partial charge >= 0.3 is 6.09 Å². The molecular formula is C18H18N4O6. The molecule has 28 heavy (non-hydrogen) atoms. The number of hydrogen-bond donors (Lipinski definition) is 3. The summed E-state index contributed by atoms with van der Waals surface area (Å²) in [6.07, 6.45) is 0.404. The minimum absolute atomic E-state index is 0.0186. The number of rotatable bonds is 8. The number of amides is 2. The summed E-state index contributed by atoms with van der Waals surface area (Å²) in [5, 5.41) is 25.8. The molecule has 2 aromatic rings. The number of carbonyl (C=O) groups is 2. The number of aliphatic hydroxyl groups excluding tert-OH is 1. The highest BCUT2D eigenvalue weighted by molar-refractivity contribution is 5.87. The molecule has 0 bridgehead atoms. The van der Waals surface area contributed by atoms with Crippen LogP contribution in [0.4, 0.5) is 10.5 Å². The smallest absolute Gasteiger partial charge is 0.408 e. The van der Waals surface area contributed by atoms with E-state index in [0.717, 1.165) is 5.56 Å². The first-order valence-electron chi connectivity index (χ1n) is 8.15. The molecule has 2 rings (SSSR count). The number of nitro groups is 1. The molecule has 0 heterocycles. The van der Waals surface area contributed by atoms with Gasteiger partial charge in [0, 0.05) is 12.1 Å². The van der Waals surface area contributed by atoms with Crippen molar-refractivity contribution in [3.63, 3.8) is 0 Å². The zero-order valence-corrected chi connectivity index (χ0v) is 14.6. The molecule has 0 aliphatic heterocycles. The normalized spacial score (nSPS) is 11.6. The first-order chi connectivity index (χ1) is 13.5. The van der Waals surface area contributed by atoms with Crippen LogP contribution in [0.15, 0.2) is 59.7 Å². The SMILES string of the molecule is O=C(N[C@H](CO)C(=O)N/N=C\c1ccc([N+](=O)[O-])cc1)OCc1ccccc1. The summed E-state index contributed by atoms with van der Waals surface area (Å²) in [6, 6.07) is 13.2. The van der Waals surface area contributed by atoms with Crippen LogP contribution in [-0.2, 0) is 16.1 Å². The zero-order chi connectivity index (χ0) is 20.4. The number of nitrogens with zero attached hydrogens (tertiary/aromatic N) is 2. The van der Waals surface area contributed by atoms with Gasteiger partial charge in [-0.3, -0.25) is 14.9 Å². The van der Waals surface area contributed by atoms with Crippen LogP contribution < -0.4 is 10.7 Å². The van der Waals surface area contributed by atoms with Crippen LogP contribution in [0.5, 0.6) is 0 Å². The van der Waals surface area contributed by atoms with Crippen molar-refractivity contribution in [2.75, 3.05) is 6.61 Å². The van der Waals surface area contributed by atoms with Crippen LogP contribution in [0.1, 0.15) is 11.1 Å². The van der Waals surface area contributed by atoms with Gasteiger partial charge in [-0.25, -0.2) is 10.2 Å². The van der Waals surface area contributed by atoms with Gasteiger partial charge in [0.25, 0.3) is 11.6 Å². The first kappa shape index (κ1) is 20.5. The Balaban J connectivity index is 1.81. The van der Waals surface area contributed by atoms with E-state index in [2.05, 4.69) is 15.8 Å². The molecule has 0 aliphatic carbocycles. The number of hydrazone groups is 1. The molecule has 2 amide bonds. The largest absolute Gasteiger partial charge is 0.445 e. The second-order valence-electron chi connectivity index (χ2n) is 5.52. The maximum Gasteiger partial charge on any atom is 0.408 e. The zero-order valence-electron chi connectivity index (χ0n) is 14.6. The molecule has 3 N–H and O–H groups in total. The summed E-state index contributed by atoms with van der Waals surface area (Å²) in [7, 11) is 0. The van der Waals surface area contributed by atoms with E-state index in [-0.39, 0.29) is 12.3 Å². The van der Waals surface area contributed by atoms with E-state index in [0.29, 0.717) is 5.56 Å². The third-order valence-corrected chi connectivity index (χ3v) is 3.50. The second kappa shape index (κ2) is 10.4. The lowest BCUT2D eigenvalue weighted by Crippen LogP contribution is -2.47. The van der Waals surface area contributed by atoms with E-state index in [9.17, 15) is 24.8 Å². The highest BCUT2D eigenvalue weighted by atomic mass is 16.6. The minimum atomic E-state index is -1.25. The van der Waals surface area contributed by atoms with Crippen LogP contribution in [-0.4, -0.2) is 40.9 Å². The fraction of sp³-hybridized carbons (Fsp3) is 0.167. The Hall–Kier alpha value is -3.79. The van der Waals surface area contributed by atoms with Crippen molar-refractivity contribution in [1.29, 1.82) is 0 Å². The fourth-order valence-corrected chi connectivity index (χ4v) is 2.03. The van der Waals surface area contributed by atoms with Gasteiger partial charge < -0.3 is 15.2 Å². The Bertz CT molecular complexity index is 839. The van der Waals surface area contributed by atoms with Crippen molar-refractivity contribution in [3.05, 3.63) is 75.8 Å². The molecule has 0 unspecified atom stereocenters. The number of nitrogens with one attached hydrogen (secondary N) is 2. The third kappa shape index (κ3) is 6.50. The number of aliphatic hydroxyl groups is 1. The number of nitro benzene ring substituents is 1. The highest BCUT2D eigenvalue weighted by Crippen LogP contribution is 2.10. The lowest BCUT2D eigenvalue weighted by atomic mass is 10.2. The van der Waals surface area contributed by atoms with Gasteiger partial charge in [0.15, 0.2) is 0 Å². The standard InChI is InChI=1S/C18H18N4O6/c23-11-16(20-18(25)28-12-14-4-2-1-3-5-14)17(24)21-19-10-13-6-8-15(9-7-13)22(26)27/h1-10,16,23H,11-12H2,(H,20,25)(H,21,24)/b19-10-/t16-/m1/s1. The predicted octanol–water partition coefficient (Wildman–Crippen LogP) is 1.33. The number of hydrogen-bond acceptors (Lipinski definition) is 7. The average molecular weight is 386 g/mol. The van der Waals surface area contributed by atoms with Crippen molar-refractivity contribution in [3.8, 4) is 0 Å². The van der Waals surface area contributed by atoms with E-state index >= 15 is 0 Å².